The van der Waals surface area contributed by atoms with E-state index >= 15 is 0 Å². The number of Topliss-reactive ketones (excluding diaryl/α,β-unsaturated/α-hetero) is 1. The van der Waals surface area contributed by atoms with Crippen LogP contribution in [-0.2, 0) is 4.79 Å². The average molecular weight is 300 g/mol. The van der Waals surface area contributed by atoms with E-state index in [1.54, 1.807) is 6.92 Å². The normalized spacial score (nSPS) is 20.1. The first kappa shape index (κ1) is 13.9. The third-order valence-corrected chi connectivity index (χ3v) is 4.88. The van der Waals surface area contributed by atoms with Crippen LogP contribution in [0.1, 0.15) is 40.2 Å². The van der Waals surface area contributed by atoms with Crippen molar-refractivity contribution in [3.63, 3.8) is 0 Å². The predicted molar refractivity (Wildman–Crippen MR) is 82.8 cm³/mol. The maximum absolute atomic E-state index is 12.2. The number of thiazole rings is 1. The maximum Gasteiger partial charge on any atom is 0.229 e. The van der Waals surface area contributed by atoms with Crippen molar-refractivity contribution in [2.75, 3.05) is 5.32 Å². The van der Waals surface area contributed by atoms with Gasteiger partial charge in [0, 0.05) is 12.8 Å². The van der Waals surface area contributed by atoms with Crippen LogP contribution in [-0.4, -0.2) is 16.7 Å². The minimum absolute atomic E-state index is 0.00675. The highest BCUT2D eigenvalue weighted by Crippen LogP contribution is 2.48. The molecule has 1 saturated carbocycles. The van der Waals surface area contributed by atoms with Gasteiger partial charge in [0.05, 0.1) is 10.6 Å². The number of ketones is 1. The van der Waals surface area contributed by atoms with Crippen LogP contribution < -0.4 is 5.32 Å². The largest absolute Gasteiger partial charge is 0.302 e. The second-order valence-electron chi connectivity index (χ2n) is 5.34. The summed E-state index contributed by atoms with van der Waals surface area (Å²) in [5.74, 6) is 0.295. The lowest BCUT2D eigenvalue weighted by atomic mass is 10.1. The molecule has 1 aliphatic carbocycles. The smallest absolute Gasteiger partial charge is 0.229 e. The van der Waals surface area contributed by atoms with Gasteiger partial charge in [0.2, 0.25) is 5.91 Å². The van der Waals surface area contributed by atoms with Crippen LogP contribution in [0.5, 0.6) is 0 Å². The van der Waals surface area contributed by atoms with Crippen LogP contribution in [0.3, 0.4) is 0 Å². The number of anilines is 1. The highest BCUT2D eigenvalue weighted by Gasteiger charge is 2.44. The minimum atomic E-state index is -0.0147. The Kier molecular flexibility index (Phi) is 3.59. The Hall–Kier alpha value is -2.01. The van der Waals surface area contributed by atoms with Gasteiger partial charge in [-0.05, 0) is 24.8 Å². The molecular formula is C16H16N2O2S. The zero-order chi connectivity index (χ0) is 15.0. The quantitative estimate of drug-likeness (QED) is 0.880. The fourth-order valence-electron chi connectivity index (χ4n) is 2.53. The van der Waals surface area contributed by atoms with Crippen molar-refractivity contribution < 1.29 is 9.59 Å². The van der Waals surface area contributed by atoms with Crippen LogP contribution in [0, 0.1) is 12.8 Å². The van der Waals surface area contributed by atoms with Gasteiger partial charge < -0.3 is 5.32 Å². The summed E-state index contributed by atoms with van der Waals surface area (Å²) < 4.78 is 0. The Bertz CT molecular complexity index is 694. The third kappa shape index (κ3) is 2.88. The first-order valence-corrected chi connectivity index (χ1v) is 7.72. The molecule has 1 aromatic heterocycles. The number of nitrogens with one attached hydrogen (secondary N) is 1. The van der Waals surface area contributed by atoms with E-state index in [2.05, 4.69) is 22.4 Å². The van der Waals surface area contributed by atoms with E-state index < -0.39 is 0 Å². The van der Waals surface area contributed by atoms with Crippen LogP contribution in [0.25, 0.3) is 0 Å². The van der Waals surface area contributed by atoms with Gasteiger partial charge in [-0.3, -0.25) is 9.59 Å². The summed E-state index contributed by atoms with van der Waals surface area (Å²) in [5.41, 5.74) is 1.88. The molecule has 1 aromatic carbocycles. The Morgan fingerprint density at radius 2 is 2.00 bits per heavy atom. The van der Waals surface area contributed by atoms with Gasteiger partial charge in [0.25, 0.3) is 0 Å². The molecule has 3 rings (SSSR count). The van der Waals surface area contributed by atoms with Gasteiger partial charge in [-0.15, -0.1) is 0 Å². The number of aromatic nitrogens is 1. The molecule has 0 unspecified atom stereocenters. The second kappa shape index (κ2) is 5.41. The van der Waals surface area contributed by atoms with E-state index in [1.807, 2.05) is 18.2 Å². The Morgan fingerprint density at radius 3 is 2.62 bits per heavy atom. The molecule has 0 spiro atoms. The number of benzene rings is 1. The zero-order valence-electron chi connectivity index (χ0n) is 11.9. The van der Waals surface area contributed by atoms with Crippen molar-refractivity contribution in [3.8, 4) is 0 Å². The molecule has 0 bridgehead atoms. The van der Waals surface area contributed by atoms with Gasteiger partial charge in [0.15, 0.2) is 10.9 Å². The molecule has 2 aromatic rings. The van der Waals surface area contributed by atoms with Crippen molar-refractivity contribution >= 4 is 28.2 Å². The number of carbonyl (C=O) groups is 2. The Morgan fingerprint density at radius 1 is 1.29 bits per heavy atom. The molecule has 108 valence electrons. The van der Waals surface area contributed by atoms with Crippen LogP contribution in [0.2, 0.25) is 0 Å². The molecule has 2 atom stereocenters. The molecule has 0 aliphatic heterocycles. The number of rotatable bonds is 4. The van der Waals surface area contributed by atoms with Gasteiger partial charge in [-0.2, -0.15) is 0 Å². The summed E-state index contributed by atoms with van der Waals surface area (Å²) in [4.78, 5) is 28.5. The SMILES string of the molecule is CC(=O)c1sc(NC(=O)[C@H]2C[C@H]2c2ccccc2)nc1C. The summed E-state index contributed by atoms with van der Waals surface area (Å²) in [6.07, 6.45) is 0.875. The molecule has 4 nitrogen and oxygen atoms in total. The monoisotopic (exact) mass is 300 g/mol. The van der Waals surface area contributed by atoms with Crippen molar-refractivity contribution in [1.29, 1.82) is 0 Å². The standard InChI is InChI=1S/C16H16N2O2S/c1-9-14(10(2)19)21-16(17-9)18-15(20)13-8-12(13)11-6-4-3-5-7-11/h3-7,12-13H,8H2,1-2H3,(H,17,18,20)/t12-,13-/m0/s1. The fourth-order valence-corrected chi connectivity index (χ4v) is 3.39. The number of nitrogens with zero attached hydrogens (tertiary/aromatic N) is 1. The molecule has 21 heavy (non-hydrogen) atoms. The average Bonchev–Trinajstić information content (AvgIpc) is 3.18. The van der Waals surface area contributed by atoms with Crippen molar-refractivity contribution in [3.05, 3.63) is 46.5 Å². The number of amides is 1. The topological polar surface area (TPSA) is 59.1 Å². The van der Waals surface area contributed by atoms with Crippen LogP contribution in [0.4, 0.5) is 5.13 Å². The number of hydrogen-bond donors (Lipinski definition) is 1. The molecule has 1 fully saturated rings. The first-order valence-electron chi connectivity index (χ1n) is 6.90. The van der Waals surface area contributed by atoms with Crippen molar-refractivity contribution in [1.82, 2.24) is 4.98 Å². The van der Waals surface area contributed by atoms with E-state index in [0.717, 1.165) is 6.42 Å². The summed E-state index contributed by atoms with van der Waals surface area (Å²) in [6, 6.07) is 10.1. The molecule has 1 N–H and O–H groups in total. The maximum atomic E-state index is 12.2. The third-order valence-electron chi connectivity index (χ3n) is 3.70. The van der Waals surface area contributed by atoms with Crippen LogP contribution >= 0.6 is 11.3 Å². The molecular weight excluding hydrogens is 284 g/mol. The number of aryl methyl sites for hydroxylation is 1. The number of carbonyl (C=O) groups excluding carboxylic acids is 2. The summed E-state index contributed by atoms with van der Waals surface area (Å²) in [6.45, 7) is 3.30. The summed E-state index contributed by atoms with van der Waals surface area (Å²) >= 11 is 1.25. The first-order chi connectivity index (χ1) is 10.1. The molecule has 1 aliphatic rings. The van der Waals surface area contributed by atoms with Crippen molar-refractivity contribution in [2.24, 2.45) is 5.92 Å². The number of hydrogen-bond acceptors (Lipinski definition) is 4. The van der Waals surface area contributed by atoms with Gasteiger partial charge in [-0.1, -0.05) is 41.7 Å². The molecule has 1 heterocycles. The highest BCUT2D eigenvalue weighted by atomic mass is 32.1. The lowest BCUT2D eigenvalue weighted by molar-refractivity contribution is -0.117. The Labute approximate surface area is 127 Å². The van der Waals surface area contributed by atoms with E-state index in [4.69, 9.17) is 0 Å². The zero-order valence-corrected chi connectivity index (χ0v) is 12.7. The van der Waals surface area contributed by atoms with Crippen molar-refractivity contribution in [2.45, 2.75) is 26.2 Å². The lowest BCUT2D eigenvalue weighted by Gasteiger charge is -2.01. The van der Waals surface area contributed by atoms with Gasteiger partial charge >= 0.3 is 0 Å². The lowest BCUT2D eigenvalue weighted by Crippen LogP contribution is -2.14. The molecule has 0 saturated heterocycles. The van der Waals surface area contributed by atoms with E-state index in [0.29, 0.717) is 21.6 Å². The molecule has 5 heteroatoms. The summed E-state index contributed by atoms with van der Waals surface area (Å²) in [5, 5.41) is 3.35. The fraction of sp³-hybridized carbons (Fsp3) is 0.312. The minimum Gasteiger partial charge on any atom is -0.302 e. The Balaban J connectivity index is 1.66. The highest BCUT2D eigenvalue weighted by molar-refractivity contribution is 7.17. The van der Waals surface area contributed by atoms with Crippen LogP contribution in [0.15, 0.2) is 30.3 Å². The van der Waals surface area contributed by atoms with Gasteiger partial charge in [0.1, 0.15) is 0 Å². The van der Waals surface area contributed by atoms with E-state index in [1.165, 1.54) is 23.8 Å². The van der Waals surface area contributed by atoms with E-state index in [9.17, 15) is 9.59 Å². The second-order valence-corrected chi connectivity index (χ2v) is 6.34. The van der Waals surface area contributed by atoms with Gasteiger partial charge in [-0.25, -0.2) is 4.98 Å². The predicted octanol–water partition coefficient (Wildman–Crippen LogP) is 3.40. The molecule has 0 radical (unpaired) electrons. The van der Waals surface area contributed by atoms with E-state index in [-0.39, 0.29) is 17.6 Å². The molecule has 1 amide bonds. The summed E-state index contributed by atoms with van der Waals surface area (Å²) in [7, 11) is 0.